The third kappa shape index (κ3) is 4.08. The number of hydrogen-bond donors (Lipinski definition) is 2. The van der Waals surface area contributed by atoms with Gasteiger partial charge in [-0.25, -0.2) is 0 Å². The van der Waals surface area contributed by atoms with Crippen LogP contribution in [0.1, 0.15) is 9.67 Å². The topological polar surface area (TPSA) is 85.2 Å². The summed E-state index contributed by atoms with van der Waals surface area (Å²) in [6.45, 7) is 0.0304. The first kappa shape index (κ1) is 20.2. The van der Waals surface area contributed by atoms with Crippen molar-refractivity contribution < 1.29 is 14.3 Å². The Balaban J connectivity index is 1.23. The highest BCUT2D eigenvalue weighted by Gasteiger charge is 2.15. The van der Waals surface area contributed by atoms with Crippen molar-refractivity contribution in [2.24, 2.45) is 0 Å². The van der Waals surface area contributed by atoms with Crippen molar-refractivity contribution in [3.8, 4) is 5.75 Å². The van der Waals surface area contributed by atoms with Gasteiger partial charge in [0, 0.05) is 26.7 Å². The first-order valence-electron chi connectivity index (χ1n) is 9.78. The van der Waals surface area contributed by atoms with E-state index in [-0.39, 0.29) is 18.4 Å². The molecule has 0 saturated carbocycles. The van der Waals surface area contributed by atoms with Crippen LogP contribution in [-0.2, 0) is 11.3 Å². The van der Waals surface area contributed by atoms with Gasteiger partial charge in [-0.15, -0.1) is 22.7 Å². The predicted octanol–water partition coefficient (Wildman–Crippen LogP) is 5.21. The molecule has 7 nitrogen and oxygen atoms in total. The number of methoxy groups -OCH3 is 1. The van der Waals surface area contributed by atoms with Crippen LogP contribution >= 0.6 is 22.7 Å². The highest BCUT2D eigenvalue weighted by Crippen LogP contribution is 2.39. The number of hydrogen-bond acceptors (Lipinski definition) is 6. The van der Waals surface area contributed by atoms with E-state index in [0.717, 1.165) is 9.40 Å². The Labute approximate surface area is 191 Å². The number of nitrogens with one attached hydrogen (secondary N) is 2. The van der Waals surface area contributed by atoms with E-state index < -0.39 is 0 Å². The Hall–Kier alpha value is -3.69. The fourth-order valence-corrected chi connectivity index (χ4v) is 5.76. The minimum Gasteiger partial charge on any atom is -0.497 e. The average Bonchev–Trinajstić information content (AvgIpc) is 3.49. The van der Waals surface area contributed by atoms with Crippen LogP contribution in [0.5, 0.6) is 5.75 Å². The molecule has 0 spiro atoms. The third-order valence-corrected chi connectivity index (χ3v) is 7.26. The second-order valence-corrected chi connectivity index (χ2v) is 9.20. The third-order valence-electron chi connectivity index (χ3n) is 4.84. The quantitative estimate of drug-likeness (QED) is 0.363. The summed E-state index contributed by atoms with van der Waals surface area (Å²) in [6, 6.07) is 17.2. The molecular formula is C23H18N4O3S2. The molecule has 0 aliphatic heterocycles. The first-order chi connectivity index (χ1) is 15.6. The van der Waals surface area contributed by atoms with Crippen LogP contribution in [0.4, 0.5) is 11.4 Å². The lowest BCUT2D eigenvalue weighted by atomic mass is 10.2. The summed E-state index contributed by atoms with van der Waals surface area (Å²) in [4.78, 5) is 25.6. The second kappa shape index (κ2) is 8.45. The number of rotatable bonds is 6. The van der Waals surface area contributed by atoms with Gasteiger partial charge in [0.25, 0.3) is 5.91 Å². The van der Waals surface area contributed by atoms with Crippen LogP contribution in [0.3, 0.4) is 0 Å². The van der Waals surface area contributed by atoms with Gasteiger partial charge in [-0.05, 0) is 36.4 Å². The van der Waals surface area contributed by atoms with Crippen LogP contribution in [-0.4, -0.2) is 28.7 Å². The molecule has 0 bridgehead atoms. The molecule has 0 fully saturated rings. The van der Waals surface area contributed by atoms with Gasteiger partial charge >= 0.3 is 0 Å². The van der Waals surface area contributed by atoms with Crippen LogP contribution < -0.4 is 15.4 Å². The summed E-state index contributed by atoms with van der Waals surface area (Å²) in [5, 5.41) is 11.0. The number of carbonyl (C=O) groups excluding carboxylic acids is 2. The van der Waals surface area contributed by atoms with Crippen molar-refractivity contribution in [1.82, 2.24) is 9.78 Å². The Kier molecular flexibility index (Phi) is 5.34. The van der Waals surface area contributed by atoms with E-state index >= 15 is 0 Å². The van der Waals surface area contributed by atoms with Crippen molar-refractivity contribution in [1.29, 1.82) is 0 Å². The van der Waals surface area contributed by atoms with E-state index in [1.807, 2.05) is 18.2 Å². The zero-order valence-electron chi connectivity index (χ0n) is 17.0. The molecule has 5 aromatic rings. The molecule has 3 heterocycles. The van der Waals surface area contributed by atoms with E-state index in [1.54, 1.807) is 48.9 Å². The summed E-state index contributed by atoms with van der Waals surface area (Å²) in [5.41, 5.74) is 1.20. The minimum atomic E-state index is -0.221. The zero-order valence-corrected chi connectivity index (χ0v) is 18.6. The first-order valence-corrected chi connectivity index (χ1v) is 11.4. The van der Waals surface area contributed by atoms with E-state index in [2.05, 4.69) is 27.9 Å². The molecule has 5 rings (SSSR count). The molecule has 9 heteroatoms. The summed E-state index contributed by atoms with van der Waals surface area (Å²) in [7, 11) is 1.59. The summed E-state index contributed by atoms with van der Waals surface area (Å²) < 4.78 is 10.0. The lowest BCUT2D eigenvalue weighted by Crippen LogP contribution is -2.19. The molecule has 160 valence electrons. The molecule has 0 saturated heterocycles. The molecule has 0 radical (unpaired) electrons. The van der Waals surface area contributed by atoms with E-state index in [9.17, 15) is 9.59 Å². The van der Waals surface area contributed by atoms with E-state index in [1.165, 1.54) is 32.3 Å². The number of ether oxygens (including phenoxy) is 1. The van der Waals surface area contributed by atoms with E-state index in [4.69, 9.17) is 4.74 Å². The van der Waals surface area contributed by atoms with Gasteiger partial charge in [0.15, 0.2) is 0 Å². The maximum atomic E-state index is 12.7. The number of anilines is 2. The largest absolute Gasteiger partial charge is 0.497 e. The van der Waals surface area contributed by atoms with Crippen molar-refractivity contribution in [3.05, 3.63) is 71.9 Å². The van der Waals surface area contributed by atoms with Gasteiger partial charge in [0.1, 0.15) is 12.3 Å². The number of carbonyl (C=O) groups is 2. The predicted molar refractivity (Wildman–Crippen MR) is 129 cm³/mol. The van der Waals surface area contributed by atoms with Gasteiger partial charge in [-0.3, -0.25) is 14.3 Å². The number of fused-ring (bicyclic) bond motifs is 3. The van der Waals surface area contributed by atoms with Gasteiger partial charge in [-0.2, -0.15) is 5.10 Å². The highest BCUT2D eigenvalue weighted by molar-refractivity contribution is 7.33. The maximum absolute atomic E-state index is 12.7. The molecule has 0 atom stereocenters. The molecule has 3 aromatic heterocycles. The Morgan fingerprint density at radius 3 is 2.62 bits per heavy atom. The minimum absolute atomic E-state index is 0.0304. The second-order valence-electron chi connectivity index (χ2n) is 7.06. The molecule has 0 unspecified atom stereocenters. The fraction of sp³-hybridized carbons (Fsp3) is 0.0870. The molecule has 2 aromatic carbocycles. The van der Waals surface area contributed by atoms with Crippen LogP contribution in [0.15, 0.2) is 67.0 Å². The van der Waals surface area contributed by atoms with Crippen LogP contribution in [0.2, 0.25) is 0 Å². The van der Waals surface area contributed by atoms with Crippen molar-refractivity contribution in [2.45, 2.75) is 6.54 Å². The molecule has 0 aliphatic carbocycles. The standard InChI is InChI=1S/C23H18N4O3S2/c1-30-16-8-6-14(7-9-16)25-21(28)13-27-12-15(11-24-27)26-23(29)20-10-19-22(32-20)17-4-2-3-5-18(17)31-19/h2-12H,13H2,1H3,(H,25,28)(H,26,29). The van der Waals surface area contributed by atoms with Crippen LogP contribution in [0.25, 0.3) is 19.5 Å². The Morgan fingerprint density at radius 1 is 1.00 bits per heavy atom. The number of thiophene rings is 2. The normalized spacial score (nSPS) is 11.0. The van der Waals surface area contributed by atoms with Gasteiger partial charge in [-0.1, -0.05) is 18.2 Å². The molecule has 2 N–H and O–H groups in total. The maximum Gasteiger partial charge on any atom is 0.265 e. The summed E-state index contributed by atoms with van der Waals surface area (Å²) in [5.74, 6) is 0.306. The lowest BCUT2D eigenvalue weighted by molar-refractivity contribution is -0.116. The van der Waals surface area contributed by atoms with Crippen molar-refractivity contribution in [3.63, 3.8) is 0 Å². The Bertz CT molecular complexity index is 1430. The van der Waals surface area contributed by atoms with Crippen molar-refractivity contribution >= 4 is 65.3 Å². The van der Waals surface area contributed by atoms with E-state index in [0.29, 0.717) is 22.0 Å². The lowest BCUT2D eigenvalue weighted by Gasteiger charge is -2.06. The summed E-state index contributed by atoms with van der Waals surface area (Å²) >= 11 is 3.16. The van der Waals surface area contributed by atoms with Gasteiger partial charge in [0.2, 0.25) is 5.91 Å². The SMILES string of the molecule is COc1ccc(NC(=O)Cn2cc(NC(=O)c3cc4sc5ccccc5c4s3)cn2)cc1. The van der Waals surface area contributed by atoms with Crippen molar-refractivity contribution in [2.75, 3.05) is 17.7 Å². The highest BCUT2D eigenvalue weighted by atomic mass is 32.1. The molecular weight excluding hydrogens is 444 g/mol. The fourth-order valence-electron chi connectivity index (χ4n) is 3.34. The number of aromatic nitrogens is 2. The number of amides is 2. The van der Waals surface area contributed by atoms with Gasteiger partial charge in [0.05, 0.1) is 28.6 Å². The molecule has 2 amide bonds. The molecule has 32 heavy (non-hydrogen) atoms. The Morgan fingerprint density at radius 2 is 1.81 bits per heavy atom. The van der Waals surface area contributed by atoms with Crippen LogP contribution in [0, 0.1) is 0 Å². The monoisotopic (exact) mass is 462 g/mol. The van der Waals surface area contributed by atoms with Gasteiger partial charge < -0.3 is 15.4 Å². The number of benzene rings is 2. The molecule has 0 aliphatic rings. The average molecular weight is 463 g/mol. The zero-order chi connectivity index (χ0) is 22.1. The number of nitrogens with zero attached hydrogens (tertiary/aromatic N) is 2. The smallest absolute Gasteiger partial charge is 0.265 e. The summed E-state index contributed by atoms with van der Waals surface area (Å²) in [6.07, 6.45) is 3.17.